The van der Waals surface area contributed by atoms with Crippen molar-refractivity contribution in [2.75, 3.05) is 0 Å². The Kier molecular flexibility index (Phi) is 2.22. The highest BCUT2D eigenvalue weighted by Gasteiger charge is 2.09. The molecule has 0 N–H and O–H groups in total. The second-order valence-corrected chi connectivity index (χ2v) is 4.13. The van der Waals surface area contributed by atoms with Crippen LogP contribution < -0.4 is 0 Å². The topological polar surface area (TPSA) is 38.9 Å². The van der Waals surface area contributed by atoms with Crippen LogP contribution in [0.2, 0.25) is 0 Å². The molecule has 0 spiro atoms. The number of hydrogen-bond acceptors (Lipinski definition) is 3. The Morgan fingerprint density at radius 1 is 1.19 bits per heavy atom. The molecule has 4 heteroatoms. The molecule has 3 rings (SSSR count). The van der Waals surface area contributed by atoms with Gasteiger partial charge in [-0.25, -0.2) is 9.97 Å². The second-order valence-electron chi connectivity index (χ2n) is 3.38. The SMILES string of the molecule is Brc1ncncc1-c1cc2ccccc2o1. The molecule has 1 aromatic carbocycles. The summed E-state index contributed by atoms with van der Waals surface area (Å²) >= 11 is 3.38. The summed E-state index contributed by atoms with van der Waals surface area (Å²) in [6.45, 7) is 0. The van der Waals surface area contributed by atoms with E-state index in [1.165, 1.54) is 6.33 Å². The quantitative estimate of drug-likeness (QED) is 0.636. The van der Waals surface area contributed by atoms with Crippen LogP contribution >= 0.6 is 15.9 Å². The number of fused-ring (bicyclic) bond motifs is 1. The molecule has 0 aliphatic carbocycles. The summed E-state index contributed by atoms with van der Waals surface area (Å²) in [5, 5.41) is 1.08. The van der Waals surface area contributed by atoms with E-state index in [0.29, 0.717) is 0 Å². The molecule has 0 radical (unpaired) electrons. The Morgan fingerprint density at radius 2 is 2.06 bits per heavy atom. The minimum atomic E-state index is 0.738. The fraction of sp³-hybridized carbons (Fsp3) is 0. The zero-order valence-corrected chi connectivity index (χ0v) is 9.81. The average Bonchev–Trinajstić information content (AvgIpc) is 2.73. The molecule has 2 aromatic heterocycles. The highest BCUT2D eigenvalue weighted by atomic mass is 79.9. The van der Waals surface area contributed by atoms with Gasteiger partial charge in [-0.3, -0.25) is 0 Å². The fourth-order valence-corrected chi connectivity index (χ4v) is 1.98. The van der Waals surface area contributed by atoms with E-state index in [0.717, 1.165) is 26.9 Å². The molecule has 0 saturated heterocycles. The van der Waals surface area contributed by atoms with E-state index in [9.17, 15) is 0 Å². The van der Waals surface area contributed by atoms with Crippen molar-refractivity contribution in [3.8, 4) is 11.3 Å². The maximum atomic E-state index is 5.72. The van der Waals surface area contributed by atoms with Crippen LogP contribution in [0.5, 0.6) is 0 Å². The van der Waals surface area contributed by atoms with Crippen LogP contribution in [0.25, 0.3) is 22.3 Å². The lowest BCUT2D eigenvalue weighted by Crippen LogP contribution is -1.82. The van der Waals surface area contributed by atoms with Crippen LogP contribution in [0.4, 0.5) is 0 Å². The maximum absolute atomic E-state index is 5.72. The fourth-order valence-electron chi connectivity index (χ4n) is 1.59. The van der Waals surface area contributed by atoms with E-state index in [4.69, 9.17) is 4.42 Å². The molecule has 3 nitrogen and oxygen atoms in total. The van der Waals surface area contributed by atoms with Crippen LogP contribution in [-0.2, 0) is 0 Å². The van der Waals surface area contributed by atoms with Crippen molar-refractivity contribution in [2.24, 2.45) is 0 Å². The molecule has 2 heterocycles. The highest BCUT2D eigenvalue weighted by molar-refractivity contribution is 9.10. The molecule has 0 amide bonds. The van der Waals surface area contributed by atoms with Gasteiger partial charge in [-0.15, -0.1) is 0 Å². The molecule has 0 aliphatic heterocycles. The van der Waals surface area contributed by atoms with Gasteiger partial charge >= 0.3 is 0 Å². The number of furan rings is 1. The number of hydrogen-bond donors (Lipinski definition) is 0. The van der Waals surface area contributed by atoms with Crippen LogP contribution in [0.3, 0.4) is 0 Å². The Morgan fingerprint density at radius 3 is 2.88 bits per heavy atom. The zero-order valence-electron chi connectivity index (χ0n) is 8.22. The van der Waals surface area contributed by atoms with E-state index in [1.54, 1.807) is 6.20 Å². The van der Waals surface area contributed by atoms with E-state index in [1.807, 2.05) is 30.3 Å². The van der Waals surface area contributed by atoms with Crippen molar-refractivity contribution in [1.82, 2.24) is 9.97 Å². The van der Waals surface area contributed by atoms with Gasteiger partial charge in [-0.05, 0) is 28.1 Å². The minimum Gasteiger partial charge on any atom is -0.456 e. The first kappa shape index (κ1) is 9.54. The summed E-state index contributed by atoms with van der Waals surface area (Å²) in [6.07, 6.45) is 3.23. The largest absolute Gasteiger partial charge is 0.456 e. The first-order chi connectivity index (χ1) is 7.84. The first-order valence-electron chi connectivity index (χ1n) is 4.79. The number of benzene rings is 1. The summed E-state index contributed by atoms with van der Waals surface area (Å²) in [5.74, 6) is 0.772. The van der Waals surface area contributed by atoms with Gasteiger partial charge in [0.05, 0.1) is 5.56 Å². The lowest BCUT2D eigenvalue weighted by atomic mass is 10.2. The lowest BCUT2D eigenvalue weighted by molar-refractivity contribution is 0.630. The number of rotatable bonds is 1. The molecule has 0 fully saturated rings. The van der Waals surface area contributed by atoms with Gasteiger partial charge in [0.2, 0.25) is 0 Å². The third-order valence-electron chi connectivity index (χ3n) is 2.35. The van der Waals surface area contributed by atoms with Gasteiger partial charge in [0.25, 0.3) is 0 Å². The standard InChI is InChI=1S/C12H7BrN2O/c13-12-9(6-14-7-15-12)11-5-8-3-1-2-4-10(8)16-11/h1-7H. The molecule has 0 atom stereocenters. The summed E-state index contributed by atoms with van der Waals surface area (Å²) in [6, 6.07) is 9.87. The normalized spacial score (nSPS) is 10.8. The van der Waals surface area contributed by atoms with Crippen molar-refractivity contribution in [3.63, 3.8) is 0 Å². The van der Waals surface area contributed by atoms with Gasteiger partial charge < -0.3 is 4.42 Å². The van der Waals surface area contributed by atoms with Crippen molar-refractivity contribution >= 4 is 26.9 Å². The lowest BCUT2D eigenvalue weighted by Gasteiger charge is -1.96. The third-order valence-corrected chi connectivity index (χ3v) is 2.99. The Bertz CT molecular complexity index is 615. The van der Waals surface area contributed by atoms with Crippen molar-refractivity contribution in [1.29, 1.82) is 0 Å². The Balaban J connectivity index is 2.23. The van der Waals surface area contributed by atoms with Crippen LogP contribution in [-0.4, -0.2) is 9.97 Å². The molecular weight excluding hydrogens is 268 g/mol. The zero-order chi connectivity index (χ0) is 11.0. The molecular formula is C12H7BrN2O. The first-order valence-corrected chi connectivity index (χ1v) is 5.58. The van der Waals surface area contributed by atoms with Crippen LogP contribution in [0.1, 0.15) is 0 Å². The van der Waals surface area contributed by atoms with Crippen molar-refractivity contribution in [3.05, 3.63) is 47.5 Å². The Labute approximate surface area is 100 Å². The van der Waals surface area contributed by atoms with Gasteiger partial charge in [0, 0.05) is 11.6 Å². The number of halogens is 1. The smallest absolute Gasteiger partial charge is 0.139 e. The molecule has 16 heavy (non-hydrogen) atoms. The molecule has 78 valence electrons. The number of para-hydroxylation sites is 1. The average molecular weight is 275 g/mol. The summed E-state index contributed by atoms with van der Waals surface area (Å²) in [5.41, 5.74) is 1.73. The highest BCUT2D eigenvalue weighted by Crippen LogP contribution is 2.30. The Hall–Kier alpha value is -1.68. The van der Waals surface area contributed by atoms with E-state index >= 15 is 0 Å². The van der Waals surface area contributed by atoms with E-state index in [2.05, 4.69) is 25.9 Å². The molecule has 3 aromatic rings. The van der Waals surface area contributed by atoms with E-state index in [-0.39, 0.29) is 0 Å². The summed E-state index contributed by atoms with van der Waals surface area (Å²) < 4.78 is 6.46. The third kappa shape index (κ3) is 1.51. The minimum absolute atomic E-state index is 0.738. The van der Waals surface area contributed by atoms with Crippen LogP contribution in [0, 0.1) is 0 Å². The number of aromatic nitrogens is 2. The second kappa shape index (κ2) is 3.72. The van der Waals surface area contributed by atoms with Crippen LogP contribution in [0.15, 0.2) is 51.9 Å². The number of nitrogens with zero attached hydrogens (tertiary/aromatic N) is 2. The van der Waals surface area contributed by atoms with Gasteiger partial charge in [-0.2, -0.15) is 0 Å². The predicted octanol–water partition coefficient (Wildman–Crippen LogP) is 3.65. The predicted molar refractivity (Wildman–Crippen MR) is 64.9 cm³/mol. The molecule has 0 unspecified atom stereocenters. The van der Waals surface area contributed by atoms with Gasteiger partial charge in [0.15, 0.2) is 0 Å². The molecule has 0 saturated carbocycles. The molecule has 0 bridgehead atoms. The monoisotopic (exact) mass is 274 g/mol. The van der Waals surface area contributed by atoms with E-state index < -0.39 is 0 Å². The molecule has 0 aliphatic rings. The van der Waals surface area contributed by atoms with Gasteiger partial charge in [-0.1, -0.05) is 18.2 Å². The maximum Gasteiger partial charge on any atom is 0.139 e. The summed E-state index contributed by atoms with van der Waals surface area (Å²) in [4.78, 5) is 8.06. The van der Waals surface area contributed by atoms with Crippen molar-refractivity contribution in [2.45, 2.75) is 0 Å². The van der Waals surface area contributed by atoms with Gasteiger partial charge in [0.1, 0.15) is 22.3 Å². The van der Waals surface area contributed by atoms with Crippen molar-refractivity contribution < 1.29 is 4.42 Å². The summed E-state index contributed by atoms with van der Waals surface area (Å²) in [7, 11) is 0.